The van der Waals surface area contributed by atoms with E-state index >= 15 is 0 Å². The first-order chi connectivity index (χ1) is 15.4. The number of fused-ring (bicyclic) bond motifs is 2. The van der Waals surface area contributed by atoms with Crippen LogP contribution >= 0.6 is 11.8 Å². The van der Waals surface area contributed by atoms with Crippen LogP contribution in [0.15, 0.2) is 23.5 Å². The first-order valence-corrected chi connectivity index (χ1v) is 11.6. The lowest BCUT2D eigenvalue weighted by molar-refractivity contribution is 0.0962. The van der Waals surface area contributed by atoms with Crippen molar-refractivity contribution < 1.29 is 19.0 Å². The van der Waals surface area contributed by atoms with E-state index in [1.54, 1.807) is 43.8 Å². The number of ketones is 1. The molecular formula is C23H28N4O4S. The SMILES string of the molecule is COc1cc([C@H]2CC(=O)c3cn4nc(SCCC(C)C)nc4nc3C2)cc(OC)c1OC. The van der Waals surface area contributed by atoms with Gasteiger partial charge in [-0.25, -0.2) is 9.50 Å². The number of nitrogens with zero attached hydrogens (tertiary/aromatic N) is 4. The number of hydrogen-bond acceptors (Lipinski definition) is 8. The molecule has 1 atom stereocenters. The number of Topliss-reactive ketones (excluding diaryl/α,β-unsaturated/α-hetero) is 1. The molecule has 0 saturated carbocycles. The number of hydrogen-bond donors (Lipinski definition) is 0. The Labute approximate surface area is 191 Å². The topological polar surface area (TPSA) is 87.8 Å². The zero-order valence-electron chi connectivity index (χ0n) is 19.0. The zero-order chi connectivity index (χ0) is 22.8. The van der Waals surface area contributed by atoms with Crippen molar-refractivity contribution in [2.24, 2.45) is 5.92 Å². The van der Waals surface area contributed by atoms with E-state index in [4.69, 9.17) is 19.2 Å². The zero-order valence-corrected chi connectivity index (χ0v) is 19.9. The number of methoxy groups -OCH3 is 3. The van der Waals surface area contributed by atoms with Gasteiger partial charge in [0.05, 0.1) is 32.6 Å². The van der Waals surface area contributed by atoms with Gasteiger partial charge in [0.2, 0.25) is 10.9 Å². The van der Waals surface area contributed by atoms with Crippen molar-refractivity contribution in [1.29, 1.82) is 0 Å². The van der Waals surface area contributed by atoms with Crippen molar-refractivity contribution in [2.45, 2.75) is 44.2 Å². The third-order valence-corrected chi connectivity index (χ3v) is 6.52. The minimum atomic E-state index is -0.0403. The van der Waals surface area contributed by atoms with Crippen LogP contribution in [0.1, 0.15) is 54.2 Å². The molecule has 4 rings (SSSR count). The molecule has 0 amide bonds. The van der Waals surface area contributed by atoms with Crippen molar-refractivity contribution in [1.82, 2.24) is 19.6 Å². The summed E-state index contributed by atoms with van der Waals surface area (Å²) in [6, 6.07) is 3.81. The van der Waals surface area contributed by atoms with Gasteiger partial charge in [-0.05, 0) is 42.4 Å². The molecule has 0 aliphatic heterocycles. The minimum absolute atomic E-state index is 0.0403. The molecule has 170 valence electrons. The lowest BCUT2D eigenvalue weighted by Gasteiger charge is -2.24. The third-order valence-electron chi connectivity index (χ3n) is 5.65. The van der Waals surface area contributed by atoms with Gasteiger partial charge in [-0.2, -0.15) is 4.98 Å². The summed E-state index contributed by atoms with van der Waals surface area (Å²) >= 11 is 1.62. The summed E-state index contributed by atoms with van der Waals surface area (Å²) in [5.41, 5.74) is 2.31. The molecule has 2 heterocycles. The highest BCUT2D eigenvalue weighted by Crippen LogP contribution is 2.42. The van der Waals surface area contributed by atoms with Crippen LogP contribution < -0.4 is 14.2 Å². The molecule has 3 aromatic rings. The van der Waals surface area contributed by atoms with Crippen LogP contribution in [0.2, 0.25) is 0 Å². The maximum Gasteiger partial charge on any atom is 0.253 e. The molecule has 8 nitrogen and oxygen atoms in total. The smallest absolute Gasteiger partial charge is 0.253 e. The highest BCUT2D eigenvalue weighted by Gasteiger charge is 2.30. The number of carbonyl (C=O) groups is 1. The summed E-state index contributed by atoms with van der Waals surface area (Å²) in [7, 11) is 4.75. The van der Waals surface area contributed by atoms with E-state index in [9.17, 15) is 4.79 Å². The number of rotatable bonds is 8. The van der Waals surface area contributed by atoms with Crippen molar-refractivity contribution in [3.8, 4) is 17.2 Å². The van der Waals surface area contributed by atoms with Gasteiger partial charge in [-0.15, -0.1) is 5.10 Å². The molecule has 1 aliphatic rings. The molecular weight excluding hydrogens is 428 g/mol. The monoisotopic (exact) mass is 456 g/mol. The minimum Gasteiger partial charge on any atom is -0.493 e. The van der Waals surface area contributed by atoms with E-state index < -0.39 is 0 Å². The van der Waals surface area contributed by atoms with Gasteiger partial charge < -0.3 is 14.2 Å². The van der Waals surface area contributed by atoms with Gasteiger partial charge in [-0.3, -0.25) is 4.79 Å². The maximum absolute atomic E-state index is 13.0. The summed E-state index contributed by atoms with van der Waals surface area (Å²) in [6.45, 7) is 4.40. The Bertz CT molecular complexity index is 1120. The molecule has 9 heteroatoms. The Balaban J connectivity index is 1.63. The highest BCUT2D eigenvalue weighted by atomic mass is 32.2. The van der Waals surface area contributed by atoms with Crippen LogP contribution in [0.3, 0.4) is 0 Å². The van der Waals surface area contributed by atoms with Crippen LogP contribution in [0.5, 0.6) is 17.2 Å². The number of benzene rings is 1. The van der Waals surface area contributed by atoms with Crippen LogP contribution in [0.4, 0.5) is 0 Å². The van der Waals surface area contributed by atoms with Gasteiger partial charge in [-0.1, -0.05) is 25.6 Å². The predicted octanol–water partition coefficient (Wildman–Crippen LogP) is 4.20. The van der Waals surface area contributed by atoms with Crippen molar-refractivity contribution in [3.63, 3.8) is 0 Å². The van der Waals surface area contributed by atoms with Gasteiger partial charge in [0, 0.05) is 18.4 Å². The fourth-order valence-electron chi connectivity index (χ4n) is 3.88. The standard InChI is InChI=1S/C23H28N4O4S/c1-13(2)6-7-32-23-25-22-24-17-8-14(9-18(28)16(17)12-27(22)26-23)15-10-19(29-3)21(31-5)20(11-15)30-4/h10-14H,6-9H2,1-5H3/t14-/m1/s1. The van der Waals surface area contributed by atoms with Gasteiger partial charge in [0.15, 0.2) is 17.3 Å². The normalized spacial score (nSPS) is 15.8. The number of ether oxygens (including phenoxy) is 3. The summed E-state index contributed by atoms with van der Waals surface area (Å²) in [5, 5.41) is 5.19. The molecule has 1 aromatic carbocycles. The summed E-state index contributed by atoms with van der Waals surface area (Å²) in [6.07, 6.45) is 3.87. The highest BCUT2D eigenvalue weighted by molar-refractivity contribution is 7.99. The van der Waals surface area contributed by atoms with Crippen LogP contribution in [0, 0.1) is 5.92 Å². The van der Waals surface area contributed by atoms with Crippen LogP contribution in [-0.4, -0.2) is 52.4 Å². The quantitative estimate of drug-likeness (QED) is 0.466. The first kappa shape index (κ1) is 22.4. The van der Waals surface area contributed by atoms with E-state index in [0.717, 1.165) is 23.4 Å². The van der Waals surface area contributed by atoms with E-state index in [0.29, 0.717) is 52.5 Å². The molecule has 0 saturated heterocycles. The number of aromatic nitrogens is 4. The largest absolute Gasteiger partial charge is 0.493 e. The Morgan fingerprint density at radius 3 is 2.44 bits per heavy atom. The lowest BCUT2D eigenvalue weighted by Crippen LogP contribution is -2.21. The second kappa shape index (κ2) is 9.36. The summed E-state index contributed by atoms with van der Waals surface area (Å²) < 4.78 is 18.0. The number of carbonyl (C=O) groups excluding carboxylic acids is 1. The molecule has 2 aromatic heterocycles. The fraction of sp³-hybridized carbons (Fsp3) is 0.478. The second-order valence-corrected chi connectivity index (χ2v) is 9.32. The van der Waals surface area contributed by atoms with Gasteiger partial charge >= 0.3 is 0 Å². The van der Waals surface area contributed by atoms with Gasteiger partial charge in [0.25, 0.3) is 5.78 Å². The van der Waals surface area contributed by atoms with Gasteiger partial charge in [0.1, 0.15) is 0 Å². The molecule has 0 spiro atoms. The predicted molar refractivity (Wildman–Crippen MR) is 122 cm³/mol. The number of thioether (sulfide) groups is 1. The molecule has 0 fully saturated rings. The Kier molecular flexibility index (Phi) is 6.55. The third kappa shape index (κ3) is 4.39. The molecule has 0 unspecified atom stereocenters. The molecule has 0 radical (unpaired) electrons. The van der Waals surface area contributed by atoms with Crippen molar-refractivity contribution in [2.75, 3.05) is 27.1 Å². The van der Waals surface area contributed by atoms with Crippen molar-refractivity contribution >= 4 is 23.3 Å². The van der Waals surface area contributed by atoms with E-state index in [1.165, 1.54) is 0 Å². The fourth-order valence-corrected chi connectivity index (χ4v) is 4.95. The Morgan fingerprint density at radius 1 is 1.09 bits per heavy atom. The average Bonchev–Trinajstić information content (AvgIpc) is 3.17. The second-order valence-electron chi connectivity index (χ2n) is 8.26. The summed E-state index contributed by atoms with van der Waals surface area (Å²) in [4.78, 5) is 22.3. The van der Waals surface area contributed by atoms with E-state index in [2.05, 4.69) is 23.9 Å². The lowest BCUT2D eigenvalue weighted by atomic mass is 9.82. The Hall–Kier alpha value is -2.81. The van der Waals surface area contributed by atoms with Crippen molar-refractivity contribution in [3.05, 3.63) is 35.2 Å². The Morgan fingerprint density at radius 2 is 1.81 bits per heavy atom. The molecule has 0 bridgehead atoms. The average molecular weight is 457 g/mol. The van der Waals surface area contributed by atoms with E-state index in [-0.39, 0.29) is 11.7 Å². The maximum atomic E-state index is 13.0. The van der Waals surface area contributed by atoms with Crippen LogP contribution in [0.25, 0.3) is 5.78 Å². The first-order valence-electron chi connectivity index (χ1n) is 10.7. The molecule has 1 aliphatic carbocycles. The summed E-state index contributed by atoms with van der Waals surface area (Å²) in [5.74, 6) is 3.80. The van der Waals surface area contributed by atoms with E-state index in [1.807, 2.05) is 12.1 Å². The van der Waals surface area contributed by atoms with Crippen LogP contribution in [-0.2, 0) is 6.42 Å². The molecule has 32 heavy (non-hydrogen) atoms. The molecule has 0 N–H and O–H groups in total.